The van der Waals surface area contributed by atoms with Gasteiger partial charge in [-0.3, -0.25) is 29.0 Å². The summed E-state index contributed by atoms with van der Waals surface area (Å²) in [6, 6.07) is 5.21. The third-order valence-corrected chi connectivity index (χ3v) is 9.22. The number of nitrogens with zero attached hydrogens (tertiary/aromatic N) is 1. The van der Waals surface area contributed by atoms with Crippen molar-refractivity contribution in [1.29, 1.82) is 0 Å². The first-order chi connectivity index (χ1) is 27.7. The van der Waals surface area contributed by atoms with Gasteiger partial charge in [-0.05, 0) is 85.3 Å². The Kier molecular flexibility index (Phi) is 20.1. The van der Waals surface area contributed by atoms with Gasteiger partial charge >= 0.3 is 5.97 Å². The normalized spacial score (nSPS) is 14.3. The lowest BCUT2D eigenvalue weighted by atomic mass is 9.98. The lowest BCUT2D eigenvalue weighted by molar-refractivity contribution is -0.142. The maximum absolute atomic E-state index is 14.0. The molecule has 0 spiro atoms. The molecular weight excluding hydrogens is 763 g/mol. The number of nitrogens with one attached hydrogen (secondary N) is 5. The van der Waals surface area contributed by atoms with Crippen molar-refractivity contribution in [2.24, 2.45) is 39.9 Å². The van der Waals surface area contributed by atoms with Crippen molar-refractivity contribution < 1.29 is 44.1 Å². The zero-order valence-corrected chi connectivity index (χ0v) is 34.7. The van der Waals surface area contributed by atoms with E-state index in [0.29, 0.717) is 11.1 Å². The largest absolute Gasteiger partial charge is 0.508 e. The number of amides is 5. The Morgan fingerprint density at radius 2 is 1.02 bits per heavy atom. The molecule has 0 saturated heterocycles. The van der Waals surface area contributed by atoms with Crippen LogP contribution >= 0.6 is 0 Å². The van der Waals surface area contributed by atoms with E-state index in [4.69, 9.17) is 17.2 Å². The molecule has 0 saturated carbocycles. The van der Waals surface area contributed by atoms with Crippen LogP contribution in [-0.4, -0.2) is 99.6 Å². The van der Waals surface area contributed by atoms with E-state index < -0.39 is 77.7 Å². The van der Waals surface area contributed by atoms with Crippen molar-refractivity contribution in [3.63, 3.8) is 0 Å². The summed E-state index contributed by atoms with van der Waals surface area (Å²) in [6.45, 7) is 10.9. The number of rotatable bonds is 24. The van der Waals surface area contributed by atoms with E-state index in [0.717, 1.165) is 0 Å². The van der Waals surface area contributed by atoms with Gasteiger partial charge in [-0.25, -0.2) is 4.79 Å². The van der Waals surface area contributed by atoms with E-state index in [1.165, 1.54) is 24.3 Å². The van der Waals surface area contributed by atoms with Crippen LogP contribution in [0.25, 0.3) is 0 Å². The number of aliphatic imine (C=N–C) groups is 1. The molecule has 2 aromatic rings. The summed E-state index contributed by atoms with van der Waals surface area (Å²) >= 11 is 0. The zero-order chi connectivity index (χ0) is 44.4. The number of hydrogen-bond acceptors (Lipinski definition) is 10. The summed E-state index contributed by atoms with van der Waals surface area (Å²) in [6.07, 6.45) is 0.700. The summed E-state index contributed by atoms with van der Waals surface area (Å²) in [5, 5.41) is 42.5. The Labute approximate surface area is 345 Å². The Morgan fingerprint density at radius 3 is 1.46 bits per heavy atom. The predicted molar refractivity (Wildman–Crippen MR) is 223 cm³/mol. The number of aliphatic carboxylic acids is 1. The molecule has 2 aromatic carbocycles. The number of nitrogens with two attached hydrogens (primary N) is 3. The lowest BCUT2D eigenvalue weighted by Gasteiger charge is -2.29. The number of aromatic hydroxyl groups is 2. The molecule has 0 fully saturated rings. The van der Waals surface area contributed by atoms with Gasteiger partial charge < -0.3 is 59.1 Å². The van der Waals surface area contributed by atoms with Crippen molar-refractivity contribution in [2.75, 3.05) is 6.54 Å². The second-order valence-electron chi connectivity index (χ2n) is 15.9. The van der Waals surface area contributed by atoms with E-state index in [1.807, 2.05) is 27.7 Å². The first-order valence-electron chi connectivity index (χ1n) is 19.8. The molecule has 0 radical (unpaired) electrons. The lowest BCUT2D eigenvalue weighted by Crippen LogP contribution is -2.60. The van der Waals surface area contributed by atoms with Crippen LogP contribution in [0.1, 0.15) is 78.4 Å². The molecule has 14 N–H and O–H groups in total. The summed E-state index contributed by atoms with van der Waals surface area (Å²) in [5.41, 5.74) is 18.2. The highest BCUT2D eigenvalue weighted by Crippen LogP contribution is 2.15. The maximum atomic E-state index is 14.0. The topological polar surface area (TPSA) is 314 Å². The molecule has 5 amide bonds. The number of carbonyl (C=O) groups is 6. The average molecular weight is 826 g/mol. The molecule has 2 rings (SSSR count). The Hall–Kier alpha value is -5.91. The minimum Gasteiger partial charge on any atom is -0.508 e. The van der Waals surface area contributed by atoms with Crippen molar-refractivity contribution in [2.45, 2.75) is 116 Å². The van der Waals surface area contributed by atoms with Gasteiger partial charge in [0, 0.05) is 13.0 Å². The number of hydrogen-bond donors (Lipinski definition) is 11. The van der Waals surface area contributed by atoms with Gasteiger partial charge in [0.25, 0.3) is 0 Å². The molecule has 0 aliphatic heterocycles. The Bertz CT molecular complexity index is 1730. The molecule has 59 heavy (non-hydrogen) atoms. The highest BCUT2D eigenvalue weighted by Gasteiger charge is 2.34. The van der Waals surface area contributed by atoms with E-state index in [-0.39, 0.29) is 74.4 Å². The summed E-state index contributed by atoms with van der Waals surface area (Å²) in [7, 11) is 0. The smallest absolute Gasteiger partial charge is 0.326 e. The van der Waals surface area contributed by atoms with Crippen LogP contribution in [0.5, 0.6) is 11.5 Å². The monoisotopic (exact) mass is 825 g/mol. The van der Waals surface area contributed by atoms with Gasteiger partial charge in [-0.1, -0.05) is 65.8 Å². The van der Waals surface area contributed by atoms with Crippen molar-refractivity contribution in [1.82, 2.24) is 26.6 Å². The average Bonchev–Trinajstić information content (AvgIpc) is 3.14. The fourth-order valence-corrected chi connectivity index (χ4v) is 6.10. The Balaban J connectivity index is 2.30. The molecular formula is C41H63N9O9. The number of carbonyl (C=O) groups excluding carboxylic acids is 5. The number of phenols is 2. The molecule has 6 atom stereocenters. The fourth-order valence-electron chi connectivity index (χ4n) is 6.10. The minimum atomic E-state index is -1.28. The molecule has 0 bridgehead atoms. The van der Waals surface area contributed by atoms with Crippen LogP contribution in [0.3, 0.4) is 0 Å². The second-order valence-corrected chi connectivity index (χ2v) is 15.9. The minimum absolute atomic E-state index is 0.00385. The van der Waals surface area contributed by atoms with Crippen molar-refractivity contribution >= 4 is 41.5 Å². The first kappa shape index (κ1) is 49.2. The fraction of sp³-hybridized carbons (Fsp3) is 0.537. The molecule has 18 nitrogen and oxygen atoms in total. The van der Waals surface area contributed by atoms with Crippen molar-refractivity contribution in [3.05, 3.63) is 59.7 Å². The third-order valence-electron chi connectivity index (χ3n) is 9.22. The van der Waals surface area contributed by atoms with Gasteiger partial charge in [0.2, 0.25) is 29.5 Å². The van der Waals surface area contributed by atoms with E-state index in [2.05, 4.69) is 31.6 Å². The Morgan fingerprint density at radius 1 is 0.593 bits per heavy atom. The molecule has 0 unspecified atom stereocenters. The number of guanidine groups is 1. The van der Waals surface area contributed by atoms with E-state index >= 15 is 0 Å². The molecule has 326 valence electrons. The van der Waals surface area contributed by atoms with E-state index in [9.17, 15) is 44.1 Å². The number of carboxylic acid groups (broad SMARTS) is 1. The van der Waals surface area contributed by atoms with Gasteiger partial charge in [-0.2, -0.15) is 0 Å². The van der Waals surface area contributed by atoms with Crippen LogP contribution in [0, 0.1) is 17.8 Å². The second kappa shape index (κ2) is 24.1. The molecule has 0 aromatic heterocycles. The standard InChI is InChI=1S/C41H63N9O9/c1-22(2)18-31(48-37(55)33(21-26-11-15-28(52)16-12-26)47-35(53)29(42)20-25-9-13-27(51)14-10-25)36(54)49-32(19-23(3)4)38(56)50-34(24(5)6)39(57)46-30(40(58)59)8-7-17-45-41(43)44/h9-16,22-24,29-34,51-52H,7-8,17-21,42H2,1-6H3,(H,46,57)(H,47,53)(H,48,55)(H,49,54)(H,50,56)(H,58,59)(H4,43,44,45)/t29-,30-,31-,32-,33-,34-/m0/s1. The van der Waals surface area contributed by atoms with Gasteiger partial charge in [0.15, 0.2) is 5.96 Å². The number of carboxylic acids is 1. The summed E-state index contributed by atoms with van der Waals surface area (Å²) in [5.74, 6) is -5.49. The first-order valence-corrected chi connectivity index (χ1v) is 19.8. The van der Waals surface area contributed by atoms with Gasteiger partial charge in [-0.15, -0.1) is 0 Å². The van der Waals surface area contributed by atoms with Crippen LogP contribution in [0.15, 0.2) is 53.5 Å². The third kappa shape index (κ3) is 18.1. The van der Waals surface area contributed by atoms with Crippen LogP contribution < -0.4 is 43.8 Å². The maximum Gasteiger partial charge on any atom is 0.326 e. The van der Waals surface area contributed by atoms with Crippen molar-refractivity contribution in [3.8, 4) is 11.5 Å². The molecule has 0 aliphatic rings. The number of benzene rings is 2. The number of phenolic OH excluding ortho intramolecular Hbond substituents is 2. The molecule has 18 heteroatoms. The zero-order valence-electron chi connectivity index (χ0n) is 34.7. The summed E-state index contributed by atoms with van der Waals surface area (Å²) in [4.78, 5) is 84.3. The predicted octanol–water partition coefficient (Wildman–Crippen LogP) is 0.521. The highest BCUT2D eigenvalue weighted by atomic mass is 16.4. The van der Waals surface area contributed by atoms with Crippen LogP contribution in [0.2, 0.25) is 0 Å². The van der Waals surface area contributed by atoms with Crippen LogP contribution in [-0.2, 0) is 41.6 Å². The quantitative estimate of drug-likeness (QED) is 0.0392. The van der Waals surface area contributed by atoms with Crippen LogP contribution in [0.4, 0.5) is 0 Å². The molecule has 0 aliphatic carbocycles. The SMILES string of the molecule is CC(C)C[C@H](NC(=O)[C@H](Cc1ccc(O)cc1)NC(=O)[C@@H](N)Cc1ccc(O)cc1)C(=O)N[C@@H](CC(C)C)C(=O)N[C@H](C(=O)N[C@@H](CCCN=C(N)N)C(=O)O)C(C)C. The molecule has 0 heterocycles. The summed E-state index contributed by atoms with van der Waals surface area (Å²) < 4.78 is 0. The van der Waals surface area contributed by atoms with Gasteiger partial charge in [0.05, 0.1) is 6.04 Å². The highest BCUT2D eigenvalue weighted by molar-refractivity contribution is 5.96. The van der Waals surface area contributed by atoms with E-state index in [1.54, 1.807) is 38.1 Å². The van der Waals surface area contributed by atoms with Gasteiger partial charge in [0.1, 0.15) is 41.7 Å².